The van der Waals surface area contributed by atoms with Crippen LogP contribution >= 0.6 is 0 Å². The van der Waals surface area contributed by atoms with Crippen LogP contribution in [0.2, 0.25) is 0 Å². The molecule has 2 aromatic heterocycles. The van der Waals surface area contributed by atoms with Crippen LogP contribution in [-0.2, 0) is 9.53 Å². The molecular weight excluding hydrogens is 344 g/mol. The van der Waals surface area contributed by atoms with Crippen molar-refractivity contribution in [1.82, 2.24) is 9.38 Å². The molecule has 1 amide bonds. The lowest BCUT2D eigenvalue weighted by Gasteiger charge is -2.12. The van der Waals surface area contributed by atoms with E-state index in [0.29, 0.717) is 5.65 Å². The summed E-state index contributed by atoms with van der Waals surface area (Å²) < 4.78 is 32.9. The number of hydrogen-bond acceptors (Lipinski definition) is 4. The number of halogens is 2. The van der Waals surface area contributed by atoms with Crippen molar-refractivity contribution in [3.05, 3.63) is 65.6 Å². The van der Waals surface area contributed by atoms with Gasteiger partial charge in [0.1, 0.15) is 5.65 Å². The number of carbonyl (C=O) groups excluding carboxylic acids is 2. The van der Waals surface area contributed by atoms with Crippen LogP contribution in [0.25, 0.3) is 5.65 Å². The van der Waals surface area contributed by atoms with Crippen molar-refractivity contribution in [2.24, 2.45) is 0 Å². The third-order valence-electron chi connectivity index (χ3n) is 3.75. The van der Waals surface area contributed by atoms with E-state index in [9.17, 15) is 18.4 Å². The summed E-state index contributed by atoms with van der Waals surface area (Å²) in [7, 11) is 0. The Balaban J connectivity index is 1.68. The van der Waals surface area contributed by atoms with Gasteiger partial charge in [-0.1, -0.05) is 6.07 Å². The first-order valence-corrected chi connectivity index (χ1v) is 7.77. The van der Waals surface area contributed by atoms with Crippen molar-refractivity contribution < 1.29 is 23.1 Å². The maximum atomic E-state index is 13.2. The summed E-state index contributed by atoms with van der Waals surface area (Å²) in [6.07, 6.45) is 0.369. The number of imidazole rings is 1. The Labute approximate surface area is 147 Å². The van der Waals surface area contributed by atoms with Gasteiger partial charge in [-0.05, 0) is 38.1 Å². The number of aromatic nitrogens is 2. The van der Waals surface area contributed by atoms with Gasteiger partial charge in [-0.2, -0.15) is 0 Å². The van der Waals surface area contributed by atoms with Gasteiger partial charge in [0, 0.05) is 23.6 Å². The minimum Gasteiger partial charge on any atom is -0.448 e. The fourth-order valence-electron chi connectivity index (χ4n) is 2.34. The molecule has 0 aliphatic carbocycles. The fourth-order valence-corrected chi connectivity index (χ4v) is 2.34. The van der Waals surface area contributed by atoms with Crippen molar-refractivity contribution in [3.8, 4) is 0 Å². The molecule has 0 aliphatic rings. The molecule has 3 rings (SSSR count). The molecule has 1 N–H and O–H groups in total. The van der Waals surface area contributed by atoms with Crippen molar-refractivity contribution in [2.75, 3.05) is 5.32 Å². The van der Waals surface area contributed by atoms with Crippen LogP contribution in [0, 0.1) is 18.6 Å². The van der Waals surface area contributed by atoms with Gasteiger partial charge in [-0.25, -0.2) is 18.6 Å². The van der Waals surface area contributed by atoms with Crippen molar-refractivity contribution in [2.45, 2.75) is 20.0 Å². The number of amides is 1. The first-order valence-electron chi connectivity index (χ1n) is 7.77. The maximum Gasteiger partial charge on any atom is 0.359 e. The molecule has 0 saturated carbocycles. The number of fused-ring (bicyclic) bond motifs is 1. The molecule has 134 valence electrons. The van der Waals surface area contributed by atoms with Gasteiger partial charge in [-0.3, -0.25) is 4.79 Å². The highest BCUT2D eigenvalue weighted by atomic mass is 19.2. The summed E-state index contributed by atoms with van der Waals surface area (Å²) in [4.78, 5) is 28.4. The Hall–Kier alpha value is -3.29. The van der Waals surface area contributed by atoms with Crippen LogP contribution in [0.1, 0.15) is 23.1 Å². The van der Waals surface area contributed by atoms with Gasteiger partial charge in [0.2, 0.25) is 0 Å². The summed E-state index contributed by atoms with van der Waals surface area (Å²) in [5.74, 6) is -3.55. The highest BCUT2D eigenvalue weighted by molar-refractivity contribution is 5.96. The van der Waals surface area contributed by atoms with E-state index in [0.717, 1.165) is 17.8 Å². The molecule has 1 aromatic carbocycles. The van der Waals surface area contributed by atoms with Gasteiger partial charge in [0.15, 0.2) is 23.4 Å². The molecule has 2 heterocycles. The molecule has 0 aliphatic heterocycles. The Kier molecular flexibility index (Phi) is 4.66. The molecule has 0 fully saturated rings. The van der Waals surface area contributed by atoms with E-state index in [4.69, 9.17) is 4.74 Å². The normalized spacial score (nSPS) is 12.0. The average Bonchev–Trinajstić information content (AvgIpc) is 3.04. The van der Waals surface area contributed by atoms with E-state index in [1.165, 1.54) is 19.2 Å². The van der Waals surface area contributed by atoms with E-state index in [1.54, 1.807) is 10.5 Å². The number of nitrogens with one attached hydrogen (secondary N) is 1. The Bertz CT molecular complexity index is 1000. The highest BCUT2D eigenvalue weighted by Crippen LogP contribution is 2.14. The van der Waals surface area contributed by atoms with Crippen LogP contribution < -0.4 is 5.32 Å². The topological polar surface area (TPSA) is 72.7 Å². The lowest BCUT2D eigenvalue weighted by atomic mass is 10.2. The van der Waals surface area contributed by atoms with Crippen molar-refractivity contribution in [1.29, 1.82) is 0 Å². The molecule has 1 atom stereocenters. The quantitative estimate of drug-likeness (QED) is 0.727. The molecule has 0 saturated heterocycles. The summed E-state index contributed by atoms with van der Waals surface area (Å²) in [5, 5.41) is 2.35. The molecule has 0 bridgehead atoms. The second-order valence-corrected chi connectivity index (χ2v) is 5.69. The van der Waals surface area contributed by atoms with Crippen LogP contribution in [0.5, 0.6) is 0 Å². The number of ether oxygens (including phenoxy) is 1. The molecule has 3 aromatic rings. The lowest BCUT2D eigenvalue weighted by molar-refractivity contribution is -0.123. The highest BCUT2D eigenvalue weighted by Gasteiger charge is 2.21. The van der Waals surface area contributed by atoms with Crippen molar-refractivity contribution in [3.63, 3.8) is 0 Å². The van der Waals surface area contributed by atoms with Crippen LogP contribution in [0.3, 0.4) is 0 Å². The maximum absolute atomic E-state index is 13.2. The van der Waals surface area contributed by atoms with Crippen LogP contribution in [-0.4, -0.2) is 27.4 Å². The number of nitrogens with zero attached hydrogens (tertiary/aromatic N) is 2. The van der Waals surface area contributed by atoms with Gasteiger partial charge >= 0.3 is 5.97 Å². The van der Waals surface area contributed by atoms with Gasteiger partial charge in [0.05, 0.1) is 0 Å². The number of rotatable bonds is 4. The Morgan fingerprint density at radius 2 is 1.96 bits per heavy atom. The first kappa shape index (κ1) is 17.5. The fraction of sp³-hybridized carbons (Fsp3) is 0.167. The van der Waals surface area contributed by atoms with E-state index in [2.05, 4.69) is 10.3 Å². The van der Waals surface area contributed by atoms with Crippen LogP contribution in [0.15, 0.2) is 42.6 Å². The average molecular weight is 359 g/mol. The zero-order valence-electron chi connectivity index (χ0n) is 14.0. The summed E-state index contributed by atoms with van der Waals surface area (Å²) >= 11 is 0. The first-order chi connectivity index (χ1) is 12.3. The van der Waals surface area contributed by atoms with E-state index in [-0.39, 0.29) is 11.4 Å². The third-order valence-corrected chi connectivity index (χ3v) is 3.75. The summed E-state index contributed by atoms with van der Waals surface area (Å²) in [6, 6.07) is 8.35. The monoisotopic (exact) mass is 359 g/mol. The molecule has 0 unspecified atom stereocenters. The number of pyridine rings is 1. The zero-order chi connectivity index (χ0) is 18.8. The molecule has 8 heteroatoms. The van der Waals surface area contributed by atoms with Gasteiger partial charge in [-0.15, -0.1) is 0 Å². The number of esters is 1. The van der Waals surface area contributed by atoms with E-state index < -0.39 is 29.6 Å². The largest absolute Gasteiger partial charge is 0.448 e. The predicted octanol–water partition coefficient (Wildman–Crippen LogP) is 3.10. The molecule has 6 nitrogen and oxygen atoms in total. The lowest BCUT2D eigenvalue weighted by Crippen LogP contribution is -2.30. The number of carbonyl (C=O) groups is 2. The van der Waals surface area contributed by atoms with Crippen LogP contribution in [0.4, 0.5) is 14.5 Å². The second kappa shape index (κ2) is 6.91. The number of anilines is 1. The third kappa shape index (κ3) is 3.53. The SMILES string of the molecule is Cc1cccc2nc(C(=O)O[C@@H](C)C(=O)Nc3ccc(F)c(F)c3)cn12. The Morgan fingerprint density at radius 1 is 1.19 bits per heavy atom. The van der Waals surface area contributed by atoms with E-state index in [1.807, 2.05) is 19.1 Å². The summed E-state index contributed by atoms with van der Waals surface area (Å²) in [6.45, 7) is 3.23. The minimum atomic E-state index is -1.15. The molecule has 0 spiro atoms. The molecular formula is C18H15F2N3O3. The zero-order valence-corrected chi connectivity index (χ0v) is 14.0. The second-order valence-electron chi connectivity index (χ2n) is 5.69. The van der Waals surface area contributed by atoms with E-state index >= 15 is 0 Å². The standard InChI is InChI=1S/C18H15F2N3O3/c1-10-4-3-5-16-22-15(9-23(10)16)18(25)26-11(2)17(24)21-12-6-7-13(19)14(20)8-12/h3-9,11H,1-2H3,(H,21,24)/t11-/m0/s1. The molecule has 26 heavy (non-hydrogen) atoms. The van der Waals surface area contributed by atoms with Crippen molar-refractivity contribution >= 4 is 23.2 Å². The number of aryl methyl sites for hydroxylation is 1. The number of benzene rings is 1. The predicted molar refractivity (Wildman–Crippen MR) is 89.8 cm³/mol. The minimum absolute atomic E-state index is 0.0557. The Morgan fingerprint density at radius 3 is 2.65 bits per heavy atom. The molecule has 0 radical (unpaired) electrons. The van der Waals surface area contributed by atoms with Gasteiger partial charge < -0.3 is 14.5 Å². The smallest absolute Gasteiger partial charge is 0.359 e. The summed E-state index contributed by atoms with van der Waals surface area (Å²) in [5.41, 5.74) is 1.58. The van der Waals surface area contributed by atoms with Gasteiger partial charge in [0.25, 0.3) is 5.91 Å². The number of hydrogen-bond donors (Lipinski definition) is 1.